The molecule has 4 nitrogen and oxygen atoms in total. The van der Waals surface area contributed by atoms with Gasteiger partial charge in [0.1, 0.15) is 0 Å². The zero-order valence-corrected chi connectivity index (χ0v) is 8.77. The molecule has 2 fully saturated rings. The van der Waals surface area contributed by atoms with Crippen LogP contribution in [0.1, 0.15) is 25.7 Å². The molecule has 0 aromatic heterocycles. The number of hydrogen-bond donors (Lipinski definition) is 3. The van der Waals surface area contributed by atoms with Crippen LogP contribution in [-0.4, -0.2) is 11.0 Å². The van der Waals surface area contributed by atoms with Crippen molar-refractivity contribution in [3.63, 3.8) is 0 Å². The zero-order valence-electron chi connectivity index (χ0n) is 7.95. The van der Waals surface area contributed by atoms with Crippen LogP contribution < -0.4 is 16.6 Å². The van der Waals surface area contributed by atoms with Gasteiger partial charge in [-0.3, -0.25) is 15.6 Å². The Balaban J connectivity index is 1.79. The van der Waals surface area contributed by atoms with Crippen LogP contribution in [0, 0.1) is 17.8 Å². The predicted molar refractivity (Wildman–Crippen MR) is 57.0 cm³/mol. The maximum atomic E-state index is 11.6. The Labute approximate surface area is 88.6 Å². The SMILES string of the molecule is NC(=S)NNC(=O)C1C2CCCCC21. The zero-order chi connectivity index (χ0) is 10.1. The lowest BCUT2D eigenvalue weighted by atomic mass is 10.0. The summed E-state index contributed by atoms with van der Waals surface area (Å²) in [5, 5.41) is 0.113. The number of thiocarbonyl (C=S) groups is 1. The first-order chi connectivity index (χ1) is 6.70. The highest BCUT2D eigenvalue weighted by molar-refractivity contribution is 7.80. The van der Waals surface area contributed by atoms with E-state index in [9.17, 15) is 4.79 Å². The van der Waals surface area contributed by atoms with Crippen molar-refractivity contribution in [2.75, 3.05) is 0 Å². The van der Waals surface area contributed by atoms with Crippen LogP contribution in [0.4, 0.5) is 0 Å². The van der Waals surface area contributed by atoms with Gasteiger partial charge < -0.3 is 5.73 Å². The van der Waals surface area contributed by atoms with Gasteiger partial charge in [-0.2, -0.15) is 0 Å². The molecule has 0 saturated heterocycles. The molecule has 5 heteroatoms. The van der Waals surface area contributed by atoms with Gasteiger partial charge >= 0.3 is 0 Å². The van der Waals surface area contributed by atoms with Crippen LogP contribution in [-0.2, 0) is 4.79 Å². The number of hydrazine groups is 1. The highest BCUT2D eigenvalue weighted by atomic mass is 32.1. The summed E-state index contributed by atoms with van der Waals surface area (Å²) in [4.78, 5) is 11.6. The highest BCUT2D eigenvalue weighted by Gasteiger charge is 2.54. The van der Waals surface area contributed by atoms with Crippen molar-refractivity contribution in [1.29, 1.82) is 0 Å². The van der Waals surface area contributed by atoms with Gasteiger partial charge in [-0.25, -0.2) is 0 Å². The Morgan fingerprint density at radius 2 is 1.79 bits per heavy atom. The van der Waals surface area contributed by atoms with E-state index in [1.807, 2.05) is 0 Å². The lowest BCUT2D eigenvalue weighted by molar-refractivity contribution is -0.123. The van der Waals surface area contributed by atoms with Gasteiger partial charge in [-0.1, -0.05) is 12.8 Å². The largest absolute Gasteiger partial charge is 0.375 e. The topological polar surface area (TPSA) is 67.2 Å². The quantitative estimate of drug-likeness (QED) is 0.432. The van der Waals surface area contributed by atoms with Gasteiger partial charge in [-0.05, 0) is 36.9 Å². The minimum Gasteiger partial charge on any atom is -0.375 e. The highest BCUT2D eigenvalue weighted by Crippen LogP contribution is 2.55. The number of carbonyl (C=O) groups excluding carboxylic acids is 1. The van der Waals surface area contributed by atoms with Crippen molar-refractivity contribution in [3.05, 3.63) is 0 Å². The van der Waals surface area contributed by atoms with E-state index >= 15 is 0 Å². The molecule has 1 amide bonds. The third-order valence-electron chi connectivity index (χ3n) is 3.27. The van der Waals surface area contributed by atoms with Crippen molar-refractivity contribution in [2.24, 2.45) is 23.5 Å². The molecule has 2 aliphatic carbocycles. The molecule has 4 N–H and O–H groups in total. The number of nitrogens with one attached hydrogen (secondary N) is 2. The molecule has 0 heterocycles. The molecule has 0 aromatic carbocycles. The minimum absolute atomic E-state index is 0.0506. The Morgan fingerprint density at radius 1 is 1.21 bits per heavy atom. The number of hydrogen-bond acceptors (Lipinski definition) is 2. The average Bonchev–Trinajstić information content (AvgIpc) is 2.88. The Bertz CT molecular complexity index is 257. The van der Waals surface area contributed by atoms with Gasteiger partial charge in [0, 0.05) is 5.92 Å². The van der Waals surface area contributed by atoms with Gasteiger partial charge in [0.2, 0.25) is 5.91 Å². The monoisotopic (exact) mass is 213 g/mol. The van der Waals surface area contributed by atoms with Gasteiger partial charge in [0.05, 0.1) is 0 Å². The maximum Gasteiger partial charge on any atom is 0.242 e. The normalized spacial score (nSPS) is 34.1. The van der Waals surface area contributed by atoms with E-state index in [0.29, 0.717) is 11.8 Å². The number of amides is 1. The summed E-state index contributed by atoms with van der Waals surface area (Å²) in [7, 11) is 0. The second kappa shape index (κ2) is 3.73. The second-order valence-corrected chi connectivity index (χ2v) is 4.56. The smallest absolute Gasteiger partial charge is 0.242 e. The lowest BCUT2D eigenvalue weighted by Crippen LogP contribution is -2.45. The number of nitrogens with two attached hydrogens (primary N) is 1. The molecule has 78 valence electrons. The van der Waals surface area contributed by atoms with Gasteiger partial charge in [0.25, 0.3) is 0 Å². The molecule has 0 spiro atoms. The molecule has 0 bridgehead atoms. The summed E-state index contributed by atoms with van der Waals surface area (Å²) in [6, 6.07) is 0. The van der Waals surface area contributed by atoms with Crippen LogP contribution >= 0.6 is 12.2 Å². The van der Waals surface area contributed by atoms with E-state index in [0.717, 1.165) is 0 Å². The standard InChI is InChI=1S/C9H15N3OS/c10-9(14)12-11-8(13)7-5-3-1-2-4-6(5)7/h5-7H,1-4H2,(H,11,13)(H3,10,12,14). The van der Waals surface area contributed by atoms with E-state index in [1.165, 1.54) is 25.7 Å². The van der Waals surface area contributed by atoms with Gasteiger partial charge in [0.15, 0.2) is 5.11 Å². The number of rotatable bonds is 1. The van der Waals surface area contributed by atoms with Crippen molar-refractivity contribution < 1.29 is 4.79 Å². The van der Waals surface area contributed by atoms with E-state index in [-0.39, 0.29) is 16.9 Å². The molecule has 0 aliphatic heterocycles. The Hall–Kier alpha value is -0.840. The molecule has 0 aromatic rings. The second-order valence-electron chi connectivity index (χ2n) is 4.12. The maximum absolute atomic E-state index is 11.6. The van der Waals surface area contributed by atoms with E-state index < -0.39 is 0 Å². The van der Waals surface area contributed by atoms with Crippen LogP contribution in [0.15, 0.2) is 0 Å². The Morgan fingerprint density at radius 3 is 2.29 bits per heavy atom. The van der Waals surface area contributed by atoms with Gasteiger partial charge in [-0.15, -0.1) is 0 Å². The summed E-state index contributed by atoms with van der Waals surface area (Å²) in [6.45, 7) is 0. The van der Waals surface area contributed by atoms with E-state index in [1.54, 1.807) is 0 Å². The molecule has 2 unspecified atom stereocenters. The molecule has 2 atom stereocenters. The fraction of sp³-hybridized carbons (Fsp3) is 0.778. The molecule has 14 heavy (non-hydrogen) atoms. The molecular formula is C9H15N3OS. The summed E-state index contributed by atoms with van der Waals surface area (Å²) in [5.41, 5.74) is 10.2. The van der Waals surface area contributed by atoms with Crippen molar-refractivity contribution in [2.45, 2.75) is 25.7 Å². The lowest BCUT2D eigenvalue weighted by Gasteiger charge is -2.04. The van der Waals surface area contributed by atoms with Crippen molar-refractivity contribution in [3.8, 4) is 0 Å². The number of carbonyl (C=O) groups is 1. The third kappa shape index (κ3) is 1.82. The van der Waals surface area contributed by atoms with Crippen LogP contribution in [0.3, 0.4) is 0 Å². The fourth-order valence-electron chi connectivity index (χ4n) is 2.59. The van der Waals surface area contributed by atoms with E-state index in [4.69, 9.17) is 5.73 Å². The molecular weight excluding hydrogens is 198 g/mol. The molecule has 0 radical (unpaired) electrons. The predicted octanol–water partition coefficient (Wildman–Crippen LogP) is 0.287. The minimum atomic E-state index is 0.0506. The van der Waals surface area contributed by atoms with Crippen molar-refractivity contribution in [1.82, 2.24) is 10.9 Å². The fourth-order valence-corrected chi connectivity index (χ4v) is 2.64. The summed E-state index contributed by atoms with van der Waals surface area (Å²) < 4.78 is 0. The first-order valence-corrected chi connectivity index (χ1v) is 5.46. The average molecular weight is 213 g/mol. The van der Waals surface area contributed by atoms with E-state index in [2.05, 4.69) is 23.1 Å². The molecule has 2 aliphatic rings. The summed E-state index contributed by atoms with van der Waals surface area (Å²) in [5.74, 6) is 1.50. The molecule has 2 rings (SSSR count). The first kappa shape index (κ1) is 9.71. The first-order valence-electron chi connectivity index (χ1n) is 5.05. The Kier molecular flexibility index (Phi) is 2.58. The summed E-state index contributed by atoms with van der Waals surface area (Å²) >= 11 is 4.60. The van der Waals surface area contributed by atoms with Crippen LogP contribution in [0.25, 0.3) is 0 Å². The van der Waals surface area contributed by atoms with Crippen molar-refractivity contribution >= 4 is 23.2 Å². The van der Waals surface area contributed by atoms with Crippen LogP contribution in [0.5, 0.6) is 0 Å². The summed E-state index contributed by atoms with van der Waals surface area (Å²) in [6.07, 6.45) is 4.95. The third-order valence-corrected chi connectivity index (χ3v) is 3.37. The number of fused-ring (bicyclic) bond motifs is 1. The molecule has 2 saturated carbocycles. The van der Waals surface area contributed by atoms with Crippen LogP contribution in [0.2, 0.25) is 0 Å².